The first-order valence-electron chi connectivity index (χ1n) is 7.66. The summed E-state index contributed by atoms with van der Waals surface area (Å²) in [6, 6.07) is 7.13. The van der Waals surface area contributed by atoms with E-state index in [9.17, 15) is 14.4 Å². The summed E-state index contributed by atoms with van der Waals surface area (Å²) in [5.41, 5.74) is 6.81. The van der Waals surface area contributed by atoms with E-state index >= 15 is 0 Å². The molecule has 1 unspecified atom stereocenters. The SMILES string of the molecule is CC(NC(=O)CNC(=O)CN)c1ccc(NC(=O)C2CC2)cc1. The molecule has 2 rings (SSSR count). The zero-order chi connectivity index (χ0) is 16.8. The number of hydrogen-bond donors (Lipinski definition) is 4. The van der Waals surface area contributed by atoms with Crippen molar-refractivity contribution in [3.8, 4) is 0 Å². The zero-order valence-corrected chi connectivity index (χ0v) is 13.1. The predicted molar refractivity (Wildman–Crippen MR) is 86.4 cm³/mol. The fourth-order valence-corrected chi connectivity index (χ4v) is 2.07. The molecule has 3 amide bonds. The van der Waals surface area contributed by atoms with Crippen LogP contribution in [0, 0.1) is 5.92 Å². The van der Waals surface area contributed by atoms with Gasteiger partial charge in [0, 0.05) is 11.6 Å². The number of hydrogen-bond acceptors (Lipinski definition) is 4. The Morgan fingerprint density at radius 3 is 2.39 bits per heavy atom. The molecule has 7 nitrogen and oxygen atoms in total. The van der Waals surface area contributed by atoms with Gasteiger partial charge in [0.15, 0.2) is 0 Å². The van der Waals surface area contributed by atoms with Crippen molar-refractivity contribution in [1.29, 1.82) is 0 Å². The lowest BCUT2D eigenvalue weighted by atomic mass is 10.1. The molecule has 1 aliphatic rings. The summed E-state index contributed by atoms with van der Waals surface area (Å²) in [4.78, 5) is 34.4. The quantitative estimate of drug-likeness (QED) is 0.578. The van der Waals surface area contributed by atoms with Crippen LogP contribution in [-0.4, -0.2) is 30.8 Å². The molecule has 1 aliphatic carbocycles. The molecule has 0 radical (unpaired) electrons. The van der Waals surface area contributed by atoms with Crippen LogP contribution in [0.3, 0.4) is 0 Å². The van der Waals surface area contributed by atoms with Gasteiger partial charge in [-0.25, -0.2) is 0 Å². The third kappa shape index (κ3) is 5.37. The lowest BCUT2D eigenvalue weighted by Gasteiger charge is -2.15. The van der Waals surface area contributed by atoms with E-state index < -0.39 is 0 Å². The van der Waals surface area contributed by atoms with E-state index in [0.717, 1.165) is 24.1 Å². The van der Waals surface area contributed by atoms with Crippen molar-refractivity contribution < 1.29 is 14.4 Å². The van der Waals surface area contributed by atoms with Crippen LogP contribution in [0.2, 0.25) is 0 Å². The van der Waals surface area contributed by atoms with Crippen molar-refractivity contribution >= 4 is 23.4 Å². The predicted octanol–water partition coefficient (Wildman–Crippen LogP) is 0.287. The zero-order valence-electron chi connectivity index (χ0n) is 13.1. The Morgan fingerprint density at radius 2 is 1.83 bits per heavy atom. The number of carbonyl (C=O) groups is 3. The van der Waals surface area contributed by atoms with Crippen LogP contribution >= 0.6 is 0 Å². The second kappa shape index (κ2) is 7.73. The Hall–Kier alpha value is -2.41. The molecular weight excluding hydrogens is 296 g/mol. The van der Waals surface area contributed by atoms with Gasteiger partial charge in [0.05, 0.1) is 19.1 Å². The standard InChI is InChI=1S/C16H22N4O3/c1-10(19-15(22)9-18-14(21)8-17)11-4-6-13(7-5-11)20-16(23)12-2-3-12/h4-7,10,12H,2-3,8-9,17H2,1H3,(H,18,21)(H,19,22)(H,20,23). The van der Waals surface area contributed by atoms with E-state index in [2.05, 4.69) is 16.0 Å². The van der Waals surface area contributed by atoms with Crippen LogP contribution in [0.5, 0.6) is 0 Å². The summed E-state index contributed by atoms with van der Waals surface area (Å²) in [5, 5.41) is 8.06. The van der Waals surface area contributed by atoms with Crippen molar-refractivity contribution in [2.45, 2.75) is 25.8 Å². The highest BCUT2D eigenvalue weighted by Crippen LogP contribution is 2.30. The van der Waals surface area contributed by atoms with Crippen molar-refractivity contribution in [3.05, 3.63) is 29.8 Å². The smallest absolute Gasteiger partial charge is 0.239 e. The van der Waals surface area contributed by atoms with Crippen LogP contribution in [0.4, 0.5) is 5.69 Å². The van der Waals surface area contributed by atoms with Gasteiger partial charge in [-0.05, 0) is 37.5 Å². The fraction of sp³-hybridized carbons (Fsp3) is 0.438. The molecule has 0 aliphatic heterocycles. The van der Waals surface area contributed by atoms with Crippen molar-refractivity contribution in [2.24, 2.45) is 11.7 Å². The van der Waals surface area contributed by atoms with Gasteiger partial charge >= 0.3 is 0 Å². The molecule has 1 saturated carbocycles. The number of anilines is 1. The van der Waals surface area contributed by atoms with Crippen LogP contribution in [0.15, 0.2) is 24.3 Å². The van der Waals surface area contributed by atoms with Crippen LogP contribution in [0.1, 0.15) is 31.4 Å². The average molecular weight is 318 g/mol. The highest BCUT2D eigenvalue weighted by Gasteiger charge is 2.29. The Labute approximate surface area is 135 Å². The Bertz CT molecular complexity index is 581. The minimum absolute atomic E-state index is 0.0646. The molecule has 1 fully saturated rings. The molecule has 0 aromatic heterocycles. The molecular formula is C16H22N4O3. The first-order chi connectivity index (χ1) is 11.0. The van der Waals surface area contributed by atoms with Crippen LogP contribution in [0.25, 0.3) is 0 Å². The van der Waals surface area contributed by atoms with Gasteiger partial charge in [0.25, 0.3) is 0 Å². The van der Waals surface area contributed by atoms with Gasteiger partial charge in [0.1, 0.15) is 0 Å². The van der Waals surface area contributed by atoms with Gasteiger partial charge < -0.3 is 21.7 Å². The highest BCUT2D eigenvalue weighted by molar-refractivity contribution is 5.94. The molecule has 5 N–H and O–H groups in total. The molecule has 1 aromatic carbocycles. The van der Waals surface area contributed by atoms with Gasteiger partial charge in [-0.3, -0.25) is 14.4 Å². The van der Waals surface area contributed by atoms with E-state index in [-0.39, 0.29) is 42.8 Å². The second-order valence-electron chi connectivity index (χ2n) is 5.66. The van der Waals surface area contributed by atoms with Crippen molar-refractivity contribution in [3.63, 3.8) is 0 Å². The molecule has 0 saturated heterocycles. The van der Waals surface area contributed by atoms with E-state index in [1.165, 1.54) is 0 Å². The summed E-state index contributed by atoms with van der Waals surface area (Å²) in [6.07, 6.45) is 1.93. The highest BCUT2D eigenvalue weighted by atomic mass is 16.2. The number of nitrogens with one attached hydrogen (secondary N) is 3. The minimum atomic E-state index is -0.372. The Kier molecular flexibility index (Phi) is 5.70. The lowest BCUT2D eigenvalue weighted by Crippen LogP contribution is -2.40. The topological polar surface area (TPSA) is 113 Å². The van der Waals surface area contributed by atoms with Gasteiger partial charge in [0.2, 0.25) is 17.7 Å². The summed E-state index contributed by atoms with van der Waals surface area (Å²) in [7, 11) is 0. The summed E-state index contributed by atoms with van der Waals surface area (Å²) in [6.45, 7) is 1.60. The first-order valence-corrected chi connectivity index (χ1v) is 7.66. The molecule has 7 heteroatoms. The van der Waals surface area contributed by atoms with E-state index in [0.29, 0.717) is 0 Å². The van der Waals surface area contributed by atoms with Gasteiger partial charge in [-0.15, -0.1) is 0 Å². The largest absolute Gasteiger partial charge is 0.348 e. The third-order valence-electron chi connectivity index (χ3n) is 3.64. The summed E-state index contributed by atoms with van der Waals surface area (Å²) in [5.74, 6) is -0.430. The number of amides is 3. The number of carbonyl (C=O) groups excluding carboxylic acids is 3. The fourth-order valence-electron chi connectivity index (χ4n) is 2.07. The lowest BCUT2D eigenvalue weighted by molar-refractivity contribution is -0.125. The number of benzene rings is 1. The molecule has 0 heterocycles. The number of rotatable bonds is 7. The van der Waals surface area contributed by atoms with E-state index in [1.54, 1.807) is 0 Å². The maximum atomic E-state index is 11.7. The molecule has 1 atom stereocenters. The van der Waals surface area contributed by atoms with Crippen LogP contribution in [-0.2, 0) is 14.4 Å². The van der Waals surface area contributed by atoms with Gasteiger partial charge in [-0.1, -0.05) is 12.1 Å². The second-order valence-corrected chi connectivity index (χ2v) is 5.66. The minimum Gasteiger partial charge on any atom is -0.348 e. The molecule has 124 valence electrons. The molecule has 1 aromatic rings. The van der Waals surface area contributed by atoms with Crippen molar-refractivity contribution in [2.75, 3.05) is 18.4 Å². The Balaban J connectivity index is 1.81. The first kappa shape index (κ1) is 17.0. The molecule has 0 spiro atoms. The summed E-state index contributed by atoms with van der Waals surface area (Å²) >= 11 is 0. The Morgan fingerprint density at radius 1 is 1.17 bits per heavy atom. The van der Waals surface area contributed by atoms with E-state index in [4.69, 9.17) is 5.73 Å². The summed E-state index contributed by atoms with van der Waals surface area (Å²) < 4.78 is 0. The van der Waals surface area contributed by atoms with Gasteiger partial charge in [-0.2, -0.15) is 0 Å². The average Bonchev–Trinajstić information content (AvgIpc) is 3.38. The monoisotopic (exact) mass is 318 g/mol. The number of nitrogens with two attached hydrogens (primary N) is 1. The molecule has 0 bridgehead atoms. The normalized spacial score (nSPS) is 14.7. The van der Waals surface area contributed by atoms with Crippen LogP contribution < -0.4 is 21.7 Å². The maximum absolute atomic E-state index is 11.7. The van der Waals surface area contributed by atoms with E-state index in [1.807, 2.05) is 31.2 Å². The maximum Gasteiger partial charge on any atom is 0.239 e. The van der Waals surface area contributed by atoms with Crippen molar-refractivity contribution in [1.82, 2.24) is 10.6 Å². The third-order valence-corrected chi connectivity index (χ3v) is 3.64. The molecule has 23 heavy (non-hydrogen) atoms.